The van der Waals surface area contributed by atoms with Crippen LogP contribution in [-0.4, -0.2) is 29.6 Å². The van der Waals surface area contributed by atoms with Crippen LogP contribution in [0.15, 0.2) is 53.5 Å². The average molecular weight is 311 g/mol. The average Bonchev–Trinajstić information content (AvgIpc) is 2.86. The normalized spacial score (nSPS) is 16.2. The van der Waals surface area contributed by atoms with Crippen molar-refractivity contribution in [1.29, 1.82) is 0 Å². The number of benzene rings is 1. The van der Waals surface area contributed by atoms with Gasteiger partial charge in [0.05, 0.1) is 0 Å². The predicted octanol–water partition coefficient (Wildman–Crippen LogP) is 1.42. The zero-order valence-electron chi connectivity index (χ0n) is 13.2. The van der Waals surface area contributed by atoms with Gasteiger partial charge in [0.1, 0.15) is 6.54 Å². The Morgan fingerprint density at radius 2 is 2.00 bits per heavy atom. The van der Waals surface area contributed by atoms with E-state index in [-0.39, 0.29) is 18.0 Å². The van der Waals surface area contributed by atoms with Crippen LogP contribution in [0.1, 0.15) is 12.5 Å². The number of amides is 1. The lowest BCUT2D eigenvalue weighted by atomic mass is 10.1. The van der Waals surface area contributed by atoms with Gasteiger partial charge >= 0.3 is 0 Å². The van der Waals surface area contributed by atoms with Crippen molar-refractivity contribution in [1.82, 2.24) is 9.88 Å². The van der Waals surface area contributed by atoms with Crippen molar-refractivity contribution in [2.24, 2.45) is 0 Å². The Labute approximate surface area is 135 Å². The molecule has 1 amide bonds. The van der Waals surface area contributed by atoms with Crippen molar-refractivity contribution in [3.63, 3.8) is 0 Å². The minimum absolute atomic E-state index is 0.0613. The lowest BCUT2D eigenvalue weighted by Gasteiger charge is -2.25. The molecule has 1 aromatic heterocycles. The first-order chi connectivity index (χ1) is 11.1. The van der Waals surface area contributed by atoms with Crippen LogP contribution in [0.2, 0.25) is 0 Å². The minimum Gasteiger partial charge on any atom is -0.367 e. The maximum Gasteiger partial charge on any atom is 0.250 e. The molecule has 0 saturated heterocycles. The van der Waals surface area contributed by atoms with E-state index in [9.17, 15) is 9.59 Å². The molecule has 0 aliphatic carbocycles. The van der Waals surface area contributed by atoms with E-state index in [1.54, 1.807) is 18.3 Å². The van der Waals surface area contributed by atoms with Gasteiger partial charge in [0.2, 0.25) is 5.91 Å². The number of nitrogens with one attached hydrogen (secondary N) is 1. The molecule has 5 heteroatoms. The molecule has 0 fully saturated rings. The lowest BCUT2D eigenvalue weighted by molar-refractivity contribution is -0.121. The number of nitrogens with zero attached hydrogens (tertiary/aromatic N) is 2. The number of rotatable bonds is 5. The zero-order chi connectivity index (χ0) is 16.2. The highest BCUT2D eigenvalue weighted by Crippen LogP contribution is 2.31. The fourth-order valence-corrected chi connectivity index (χ4v) is 3.09. The first kappa shape index (κ1) is 15.3. The molecule has 1 aliphatic heterocycles. The summed E-state index contributed by atoms with van der Waals surface area (Å²) in [7, 11) is 0. The van der Waals surface area contributed by atoms with Gasteiger partial charge in [-0.1, -0.05) is 24.3 Å². The van der Waals surface area contributed by atoms with Crippen LogP contribution in [0.5, 0.6) is 0 Å². The van der Waals surface area contributed by atoms with E-state index in [4.69, 9.17) is 0 Å². The van der Waals surface area contributed by atoms with Crippen molar-refractivity contribution in [3.8, 4) is 0 Å². The smallest absolute Gasteiger partial charge is 0.250 e. The van der Waals surface area contributed by atoms with Gasteiger partial charge in [-0.15, -0.1) is 0 Å². The lowest BCUT2D eigenvalue weighted by Crippen LogP contribution is -2.39. The molecule has 2 heterocycles. The SMILES string of the molecule is CC1Cc2ccccc2N1CCNC(=O)Cn1ccccc1=O. The predicted molar refractivity (Wildman–Crippen MR) is 90.7 cm³/mol. The van der Waals surface area contributed by atoms with E-state index in [1.807, 2.05) is 6.07 Å². The minimum atomic E-state index is -0.162. The highest BCUT2D eigenvalue weighted by molar-refractivity contribution is 5.75. The molecule has 120 valence electrons. The largest absolute Gasteiger partial charge is 0.367 e. The molecule has 0 saturated carbocycles. The Balaban J connectivity index is 1.53. The molecule has 1 unspecified atom stereocenters. The summed E-state index contributed by atoms with van der Waals surface area (Å²) in [5, 5.41) is 2.90. The van der Waals surface area contributed by atoms with Gasteiger partial charge in [-0.05, 0) is 31.0 Å². The number of para-hydroxylation sites is 1. The molecule has 5 nitrogen and oxygen atoms in total. The molecular formula is C18H21N3O2. The summed E-state index contributed by atoms with van der Waals surface area (Å²) in [4.78, 5) is 25.9. The molecule has 2 aromatic rings. The molecule has 1 atom stereocenters. The van der Waals surface area contributed by atoms with Crippen molar-refractivity contribution in [2.75, 3.05) is 18.0 Å². The number of carbonyl (C=O) groups is 1. The number of anilines is 1. The van der Waals surface area contributed by atoms with E-state index < -0.39 is 0 Å². The van der Waals surface area contributed by atoms with Crippen LogP contribution in [-0.2, 0) is 17.8 Å². The Kier molecular flexibility index (Phi) is 4.46. The number of hydrogen-bond acceptors (Lipinski definition) is 3. The summed E-state index contributed by atoms with van der Waals surface area (Å²) >= 11 is 0. The maximum absolute atomic E-state index is 12.0. The van der Waals surface area contributed by atoms with Crippen molar-refractivity contribution in [2.45, 2.75) is 25.9 Å². The molecule has 0 radical (unpaired) electrons. The molecular weight excluding hydrogens is 290 g/mol. The molecule has 1 N–H and O–H groups in total. The van der Waals surface area contributed by atoms with Crippen LogP contribution >= 0.6 is 0 Å². The van der Waals surface area contributed by atoms with Crippen LogP contribution in [0.3, 0.4) is 0 Å². The monoisotopic (exact) mass is 311 g/mol. The summed E-state index contributed by atoms with van der Waals surface area (Å²) < 4.78 is 1.41. The molecule has 23 heavy (non-hydrogen) atoms. The summed E-state index contributed by atoms with van der Waals surface area (Å²) in [6.07, 6.45) is 2.67. The summed E-state index contributed by atoms with van der Waals surface area (Å²) in [5.41, 5.74) is 2.46. The summed E-state index contributed by atoms with van der Waals surface area (Å²) in [5.74, 6) is -0.140. The number of hydrogen-bond donors (Lipinski definition) is 1. The van der Waals surface area contributed by atoms with Crippen molar-refractivity contribution in [3.05, 3.63) is 64.6 Å². The zero-order valence-corrected chi connectivity index (χ0v) is 13.2. The molecule has 1 aliphatic rings. The topological polar surface area (TPSA) is 54.3 Å². The van der Waals surface area contributed by atoms with E-state index in [1.165, 1.54) is 21.9 Å². The van der Waals surface area contributed by atoms with Crippen molar-refractivity contribution < 1.29 is 4.79 Å². The van der Waals surface area contributed by atoms with Gasteiger partial charge in [-0.2, -0.15) is 0 Å². The first-order valence-electron chi connectivity index (χ1n) is 7.92. The first-order valence-corrected chi connectivity index (χ1v) is 7.92. The van der Waals surface area contributed by atoms with E-state index in [0.29, 0.717) is 12.6 Å². The second kappa shape index (κ2) is 6.69. The second-order valence-electron chi connectivity index (χ2n) is 5.89. The Hall–Kier alpha value is -2.56. The standard InChI is InChI=1S/C18H21N3O2/c1-14-12-15-6-2-3-7-16(15)21(14)11-9-19-17(22)13-20-10-5-4-8-18(20)23/h2-8,10,14H,9,11-13H2,1H3,(H,19,22). The van der Waals surface area contributed by atoms with Gasteiger partial charge in [0, 0.05) is 37.1 Å². The van der Waals surface area contributed by atoms with E-state index >= 15 is 0 Å². The number of fused-ring (bicyclic) bond motifs is 1. The quantitative estimate of drug-likeness (QED) is 0.908. The highest BCUT2D eigenvalue weighted by atomic mass is 16.2. The van der Waals surface area contributed by atoms with Gasteiger partial charge in [0.25, 0.3) is 5.56 Å². The van der Waals surface area contributed by atoms with E-state index in [2.05, 4.69) is 35.3 Å². The summed E-state index contributed by atoms with van der Waals surface area (Å²) in [6, 6.07) is 13.7. The van der Waals surface area contributed by atoms with Gasteiger partial charge < -0.3 is 14.8 Å². The Morgan fingerprint density at radius 3 is 2.83 bits per heavy atom. The Bertz CT molecular complexity index is 754. The van der Waals surface area contributed by atoms with E-state index in [0.717, 1.165) is 13.0 Å². The molecule has 0 spiro atoms. The van der Waals surface area contributed by atoms with Crippen molar-refractivity contribution >= 4 is 11.6 Å². The summed E-state index contributed by atoms with van der Waals surface area (Å²) in [6.45, 7) is 3.60. The molecule has 0 bridgehead atoms. The van der Waals surface area contributed by atoms with Crippen LogP contribution < -0.4 is 15.8 Å². The maximum atomic E-state index is 12.0. The molecule has 1 aromatic carbocycles. The third kappa shape index (κ3) is 3.44. The Morgan fingerprint density at radius 1 is 1.22 bits per heavy atom. The number of carbonyl (C=O) groups excluding carboxylic acids is 1. The number of aromatic nitrogens is 1. The van der Waals surface area contributed by atoms with Gasteiger partial charge in [-0.3, -0.25) is 9.59 Å². The van der Waals surface area contributed by atoms with Crippen LogP contribution in [0, 0.1) is 0 Å². The fraction of sp³-hybridized carbons (Fsp3) is 0.333. The van der Waals surface area contributed by atoms with Gasteiger partial charge in [-0.25, -0.2) is 0 Å². The molecule has 3 rings (SSSR count). The second-order valence-corrected chi connectivity index (χ2v) is 5.89. The van der Waals surface area contributed by atoms with Crippen LogP contribution in [0.4, 0.5) is 5.69 Å². The third-order valence-electron chi connectivity index (χ3n) is 4.24. The highest BCUT2D eigenvalue weighted by Gasteiger charge is 2.24. The van der Waals surface area contributed by atoms with Gasteiger partial charge in [0.15, 0.2) is 0 Å². The number of pyridine rings is 1. The van der Waals surface area contributed by atoms with Crippen LogP contribution in [0.25, 0.3) is 0 Å². The fourth-order valence-electron chi connectivity index (χ4n) is 3.09. The third-order valence-corrected chi connectivity index (χ3v) is 4.24.